The molecule has 27 heavy (non-hydrogen) atoms. The number of amides is 1. The second-order valence-corrected chi connectivity index (χ2v) is 6.58. The molecule has 1 atom stereocenters. The van der Waals surface area contributed by atoms with E-state index in [1.54, 1.807) is 41.2 Å². The van der Waals surface area contributed by atoms with Crippen molar-refractivity contribution in [2.24, 2.45) is 7.05 Å². The van der Waals surface area contributed by atoms with Crippen LogP contribution < -0.4 is 10.1 Å². The molecule has 0 spiro atoms. The number of nitrogens with zero attached hydrogens (tertiary/aromatic N) is 2. The van der Waals surface area contributed by atoms with Gasteiger partial charge in [-0.2, -0.15) is 0 Å². The summed E-state index contributed by atoms with van der Waals surface area (Å²) in [4.78, 5) is 16.8. The highest BCUT2D eigenvalue weighted by molar-refractivity contribution is 6.32. The lowest BCUT2D eigenvalue weighted by molar-refractivity contribution is -0.123. The molecule has 0 aliphatic rings. The summed E-state index contributed by atoms with van der Waals surface area (Å²) in [6.07, 6.45) is 3.42. The Kier molecular flexibility index (Phi) is 5.76. The molecule has 3 aromatic rings. The maximum atomic E-state index is 13.3. The van der Waals surface area contributed by atoms with Crippen molar-refractivity contribution in [1.82, 2.24) is 14.9 Å². The SMILES string of the molecule is Cc1ccc(Cl)c(OCC(=O)N[C@@H](c2ccc(F)cc2)c2nccn2C)c1. The second kappa shape index (κ2) is 8.22. The van der Waals surface area contributed by atoms with E-state index in [0.29, 0.717) is 22.2 Å². The molecule has 0 fully saturated rings. The van der Waals surface area contributed by atoms with Gasteiger partial charge in [-0.1, -0.05) is 29.8 Å². The minimum atomic E-state index is -0.533. The molecular formula is C20H19ClFN3O2. The summed E-state index contributed by atoms with van der Waals surface area (Å²) in [5.41, 5.74) is 1.69. The zero-order chi connectivity index (χ0) is 19.4. The van der Waals surface area contributed by atoms with Crippen molar-refractivity contribution < 1.29 is 13.9 Å². The standard InChI is InChI=1S/C20H19ClFN3O2/c1-13-3-8-16(21)17(11-13)27-12-18(26)24-19(20-23-9-10-25(20)2)14-4-6-15(22)7-5-14/h3-11,19H,12H2,1-2H3,(H,24,26)/t19-/m0/s1. The number of aryl methyl sites for hydroxylation is 2. The molecule has 5 nitrogen and oxygen atoms in total. The number of hydrogen-bond acceptors (Lipinski definition) is 3. The molecule has 0 aliphatic heterocycles. The predicted octanol–water partition coefficient (Wildman–Crippen LogP) is 3.81. The molecular weight excluding hydrogens is 369 g/mol. The monoisotopic (exact) mass is 387 g/mol. The highest BCUT2D eigenvalue weighted by Crippen LogP contribution is 2.25. The number of benzene rings is 2. The van der Waals surface area contributed by atoms with Gasteiger partial charge in [0.2, 0.25) is 0 Å². The van der Waals surface area contributed by atoms with Crippen LogP contribution in [0, 0.1) is 12.7 Å². The van der Waals surface area contributed by atoms with Gasteiger partial charge in [-0.05, 0) is 42.3 Å². The van der Waals surface area contributed by atoms with Gasteiger partial charge < -0.3 is 14.6 Å². The third kappa shape index (κ3) is 4.65. The van der Waals surface area contributed by atoms with Crippen LogP contribution in [-0.2, 0) is 11.8 Å². The van der Waals surface area contributed by atoms with Crippen molar-refractivity contribution in [3.63, 3.8) is 0 Å². The van der Waals surface area contributed by atoms with E-state index >= 15 is 0 Å². The van der Waals surface area contributed by atoms with Gasteiger partial charge in [-0.3, -0.25) is 4.79 Å². The average Bonchev–Trinajstić information content (AvgIpc) is 3.07. The molecule has 0 aliphatic carbocycles. The zero-order valence-electron chi connectivity index (χ0n) is 14.9. The van der Waals surface area contributed by atoms with E-state index in [2.05, 4.69) is 10.3 Å². The molecule has 3 rings (SSSR count). The molecule has 2 aromatic carbocycles. The van der Waals surface area contributed by atoms with Crippen molar-refractivity contribution in [1.29, 1.82) is 0 Å². The van der Waals surface area contributed by atoms with E-state index in [0.717, 1.165) is 5.56 Å². The third-order valence-corrected chi connectivity index (χ3v) is 4.38. The number of carbonyl (C=O) groups excluding carboxylic acids is 1. The van der Waals surface area contributed by atoms with Crippen LogP contribution in [0.4, 0.5) is 4.39 Å². The fraction of sp³-hybridized carbons (Fsp3) is 0.200. The first-order valence-electron chi connectivity index (χ1n) is 8.35. The second-order valence-electron chi connectivity index (χ2n) is 6.17. The fourth-order valence-electron chi connectivity index (χ4n) is 2.67. The van der Waals surface area contributed by atoms with Crippen LogP contribution in [0.5, 0.6) is 5.75 Å². The van der Waals surface area contributed by atoms with Crippen LogP contribution in [0.25, 0.3) is 0 Å². The van der Waals surface area contributed by atoms with Gasteiger partial charge >= 0.3 is 0 Å². The van der Waals surface area contributed by atoms with Gasteiger partial charge in [-0.15, -0.1) is 0 Å². The molecule has 0 unspecified atom stereocenters. The van der Waals surface area contributed by atoms with Gasteiger partial charge in [0, 0.05) is 19.4 Å². The molecule has 0 saturated heterocycles. The highest BCUT2D eigenvalue weighted by atomic mass is 35.5. The smallest absolute Gasteiger partial charge is 0.258 e. The van der Waals surface area contributed by atoms with Gasteiger partial charge in [0.15, 0.2) is 6.61 Å². The Bertz CT molecular complexity index is 941. The summed E-state index contributed by atoms with van der Waals surface area (Å²) >= 11 is 6.09. The Labute approximate surface area is 161 Å². The Balaban J connectivity index is 1.75. The number of nitrogens with one attached hydrogen (secondary N) is 1. The summed E-state index contributed by atoms with van der Waals surface area (Å²) in [5.74, 6) is 0.386. The molecule has 1 N–H and O–H groups in total. The fourth-order valence-corrected chi connectivity index (χ4v) is 2.85. The quantitative estimate of drug-likeness (QED) is 0.699. The van der Waals surface area contributed by atoms with Crippen molar-refractivity contribution in [3.05, 3.63) is 82.6 Å². The van der Waals surface area contributed by atoms with E-state index in [9.17, 15) is 9.18 Å². The first-order valence-corrected chi connectivity index (χ1v) is 8.73. The number of hydrogen-bond donors (Lipinski definition) is 1. The lowest BCUT2D eigenvalue weighted by Crippen LogP contribution is -2.34. The molecule has 1 heterocycles. The van der Waals surface area contributed by atoms with Gasteiger partial charge in [0.05, 0.1) is 5.02 Å². The molecule has 0 bridgehead atoms. The Morgan fingerprint density at radius 1 is 1.30 bits per heavy atom. The van der Waals surface area contributed by atoms with E-state index in [-0.39, 0.29) is 18.3 Å². The summed E-state index contributed by atoms with van der Waals surface area (Å²) in [5, 5.41) is 3.33. The van der Waals surface area contributed by atoms with Crippen LogP contribution in [0.15, 0.2) is 54.9 Å². The van der Waals surface area contributed by atoms with Crippen molar-refractivity contribution in [3.8, 4) is 5.75 Å². The maximum absolute atomic E-state index is 13.3. The number of halogens is 2. The van der Waals surface area contributed by atoms with Gasteiger partial charge in [0.1, 0.15) is 23.4 Å². The molecule has 0 radical (unpaired) electrons. The Hall–Kier alpha value is -2.86. The van der Waals surface area contributed by atoms with Gasteiger partial charge in [0.25, 0.3) is 5.91 Å². The first kappa shape index (κ1) is 18.9. The van der Waals surface area contributed by atoms with Crippen molar-refractivity contribution in [2.75, 3.05) is 6.61 Å². The van der Waals surface area contributed by atoms with E-state index < -0.39 is 6.04 Å². The first-order chi connectivity index (χ1) is 12.9. The molecule has 1 aromatic heterocycles. The molecule has 140 valence electrons. The third-order valence-electron chi connectivity index (χ3n) is 4.07. The van der Waals surface area contributed by atoms with Crippen molar-refractivity contribution >= 4 is 17.5 Å². The van der Waals surface area contributed by atoms with Crippen LogP contribution in [-0.4, -0.2) is 22.1 Å². The number of carbonyl (C=O) groups is 1. The Morgan fingerprint density at radius 2 is 2.04 bits per heavy atom. The van der Waals surface area contributed by atoms with Crippen LogP contribution in [0.3, 0.4) is 0 Å². The van der Waals surface area contributed by atoms with Crippen LogP contribution in [0.2, 0.25) is 5.02 Å². The molecule has 0 saturated carbocycles. The number of ether oxygens (including phenoxy) is 1. The Morgan fingerprint density at radius 3 is 2.70 bits per heavy atom. The number of aromatic nitrogens is 2. The van der Waals surface area contributed by atoms with E-state index in [1.165, 1.54) is 12.1 Å². The molecule has 7 heteroatoms. The summed E-state index contributed by atoms with van der Waals surface area (Å²) in [6.45, 7) is 1.71. The van der Waals surface area contributed by atoms with E-state index in [1.807, 2.05) is 20.0 Å². The lowest BCUT2D eigenvalue weighted by atomic mass is 10.1. The maximum Gasteiger partial charge on any atom is 0.258 e. The topological polar surface area (TPSA) is 56.1 Å². The predicted molar refractivity (Wildman–Crippen MR) is 101 cm³/mol. The minimum absolute atomic E-state index is 0.203. The number of imidazole rings is 1. The van der Waals surface area contributed by atoms with Crippen LogP contribution in [0.1, 0.15) is 23.0 Å². The summed E-state index contributed by atoms with van der Waals surface area (Å²) < 4.78 is 20.6. The summed E-state index contributed by atoms with van der Waals surface area (Å²) in [6, 6.07) is 10.8. The normalized spacial score (nSPS) is 11.9. The van der Waals surface area contributed by atoms with Gasteiger partial charge in [-0.25, -0.2) is 9.37 Å². The zero-order valence-corrected chi connectivity index (χ0v) is 15.7. The average molecular weight is 388 g/mol. The molecule has 1 amide bonds. The largest absolute Gasteiger partial charge is 0.482 e. The van der Waals surface area contributed by atoms with Crippen LogP contribution >= 0.6 is 11.6 Å². The lowest BCUT2D eigenvalue weighted by Gasteiger charge is -2.19. The van der Waals surface area contributed by atoms with E-state index in [4.69, 9.17) is 16.3 Å². The highest BCUT2D eigenvalue weighted by Gasteiger charge is 2.21. The minimum Gasteiger partial charge on any atom is -0.482 e. The summed E-state index contributed by atoms with van der Waals surface area (Å²) in [7, 11) is 1.83. The number of rotatable bonds is 6. The van der Waals surface area contributed by atoms with Crippen molar-refractivity contribution in [2.45, 2.75) is 13.0 Å².